The van der Waals surface area contributed by atoms with Crippen molar-refractivity contribution < 1.29 is 9.90 Å². The molecule has 0 unspecified atom stereocenters. The molecule has 3 N–H and O–H groups in total. The maximum absolute atomic E-state index is 11.5. The lowest BCUT2D eigenvalue weighted by atomic mass is 10.2. The summed E-state index contributed by atoms with van der Waals surface area (Å²) < 4.78 is 0.742. The summed E-state index contributed by atoms with van der Waals surface area (Å²) >= 11 is 3.21. The Morgan fingerprint density at radius 1 is 1.47 bits per heavy atom. The highest BCUT2D eigenvalue weighted by atomic mass is 79.9. The summed E-state index contributed by atoms with van der Waals surface area (Å²) in [5, 5.41) is 15.1. The van der Waals surface area contributed by atoms with E-state index >= 15 is 0 Å². The first-order valence-corrected chi connectivity index (χ1v) is 5.35. The minimum atomic E-state index is -0.268. The van der Waals surface area contributed by atoms with Gasteiger partial charge in [0.2, 0.25) is 0 Å². The number of likely N-dealkylation sites (N-methyl/N-ethyl adjacent to an activating group) is 1. The van der Waals surface area contributed by atoms with Crippen molar-refractivity contribution >= 4 is 21.8 Å². The van der Waals surface area contributed by atoms with E-state index in [1.54, 1.807) is 12.1 Å². The minimum Gasteiger partial charge on any atom is -0.507 e. The van der Waals surface area contributed by atoms with Crippen LogP contribution in [0.5, 0.6) is 5.75 Å². The third-order valence-corrected chi connectivity index (χ3v) is 2.36. The molecule has 0 aliphatic rings. The summed E-state index contributed by atoms with van der Waals surface area (Å²) in [7, 11) is 1.81. The quantitative estimate of drug-likeness (QED) is 0.720. The predicted octanol–water partition coefficient (Wildman–Crippen LogP) is 1.10. The topological polar surface area (TPSA) is 61.4 Å². The van der Waals surface area contributed by atoms with Crippen LogP contribution in [-0.2, 0) is 0 Å². The van der Waals surface area contributed by atoms with Gasteiger partial charge in [0.15, 0.2) is 0 Å². The second-order valence-corrected chi connectivity index (χ2v) is 3.94. The molecular formula is C10H13BrN2O2. The number of phenols is 1. The maximum atomic E-state index is 11.5. The van der Waals surface area contributed by atoms with Crippen LogP contribution in [0.2, 0.25) is 0 Å². The van der Waals surface area contributed by atoms with Crippen molar-refractivity contribution in [2.75, 3.05) is 20.1 Å². The molecule has 4 nitrogen and oxygen atoms in total. The van der Waals surface area contributed by atoms with Gasteiger partial charge in [-0.25, -0.2) is 0 Å². The Kier molecular flexibility index (Phi) is 4.58. The van der Waals surface area contributed by atoms with Crippen LogP contribution in [0.3, 0.4) is 0 Å². The molecule has 0 aliphatic heterocycles. The van der Waals surface area contributed by atoms with Crippen molar-refractivity contribution in [2.24, 2.45) is 0 Å². The highest BCUT2D eigenvalue weighted by Gasteiger charge is 2.09. The smallest absolute Gasteiger partial charge is 0.255 e. The second kappa shape index (κ2) is 5.72. The number of carbonyl (C=O) groups excluding carboxylic acids is 1. The number of phenolic OH excluding ortho intramolecular Hbond substituents is 1. The zero-order valence-corrected chi connectivity index (χ0v) is 9.97. The van der Waals surface area contributed by atoms with Crippen LogP contribution in [0.25, 0.3) is 0 Å². The summed E-state index contributed by atoms with van der Waals surface area (Å²) in [5.41, 5.74) is 0.286. The van der Waals surface area contributed by atoms with Crippen LogP contribution >= 0.6 is 15.9 Å². The molecule has 0 saturated heterocycles. The van der Waals surface area contributed by atoms with Gasteiger partial charge in [-0.05, 0) is 25.2 Å². The van der Waals surface area contributed by atoms with Crippen molar-refractivity contribution in [1.29, 1.82) is 0 Å². The molecule has 1 amide bonds. The summed E-state index contributed by atoms with van der Waals surface area (Å²) in [6.45, 7) is 1.23. The third-order valence-electron chi connectivity index (χ3n) is 1.86. The first-order chi connectivity index (χ1) is 7.15. The monoisotopic (exact) mass is 272 g/mol. The first kappa shape index (κ1) is 12.0. The Labute approximate surface area is 96.8 Å². The Balaban J connectivity index is 2.65. The molecule has 0 fully saturated rings. The lowest BCUT2D eigenvalue weighted by Crippen LogP contribution is -2.30. The Morgan fingerprint density at radius 3 is 2.80 bits per heavy atom. The van der Waals surface area contributed by atoms with E-state index in [2.05, 4.69) is 26.6 Å². The highest BCUT2D eigenvalue weighted by Crippen LogP contribution is 2.21. The molecule has 0 atom stereocenters. The van der Waals surface area contributed by atoms with Gasteiger partial charge in [0.05, 0.1) is 5.56 Å². The lowest BCUT2D eigenvalue weighted by Gasteiger charge is -2.06. The van der Waals surface area contributed by atoms with Gasteiger partial charge in [-0.1, -0.05) is 15.9 Å². The molecule has 0 spiro atoms. The zero-order chi connectivity index (χ0) is 11.3. The van der Waals surface area contributed by atoms with Crippen LogP contribution in [0.15, 0.2) is 22.7 Å². The maximum Gasteiger partial charge on any atom is 0.255 e. The standard InChI is InChI=1S/C10H13BrN2O2/c1-12-4-5-13-10(15)8-3-2-7(11)6-9(8)14/h2-3,6,12,14H,4-5H2,1H3,(H,13,15). The second-order valence-electron chi connectivity index (χ2n) is 3.02. The fraction of sp³-hybridized carbons (Fsp3) is 0.300. The number of amides is 1. The van der Waals surface area contributed by atoms with Gasteiger partial charge in [0, 0.05) is 17.6 Å². The number of halogens is 1. The van der Waals surface area contributed by atoms with E-state index in [0.29, 0.717) is 13.1 Å². The number of hydrogen-bond acceptors (Lipinski definition) is 3. The van der Waals surface area contributed by atoms with Crippen LogP contribution in [0.1, 0.15) is 10.4 Å². The number of aromatic hydroxyl groups is 1. The third kappa shape index (κ3) is 3.53. The van der Waals surface area contributed by atoms with Gasteiger partial charge < -0.3 is 15.7 Å². The molecular weight excluding hydrogens is 260 g/mol. The Morgan fingerprint density at radius 2 is 2.20 bits per heavy atom. The van der Waals surface area contributed by atoms with E-state index in [0.717, 1.165) is 4.47 Å². The average molecular weight is 273 g/mol. The normalized spacial score (nSPS) is 10.0. The number of benzene rings is 1. The van der Waals surface area contributed by atoms with Crippen LogP contribution < -0.4 is 10.6 Å². The molecule has 0 bridgehead atoms. The van der Waals surface area contributed by atoms with Gasteiger partial charge >= 0.3 is 0 Å². The summed E-state index contributed by atoms with van der Waals surface area (Å²) in [6.07, 6.45) is 0. The van der Waals surface area contributed by atoms with Gasteiger partial charge in [-0.15, -0.1) is 0 Å². The van der Waals surface area contributed by atoms with E-state index < -0.39 is 0 Å². The summed E-state index contributed by atoms with van der Waals surface area (Å²) in [4.78, 5) is 11.5. The number of hydrogen-bond donors (Lipinski definition) is 3. The Hall–Kier alpha value is -1.07. The van der Waals surface area contributed by atoms with Gasteiger partial charge in [-0.3, -0.25) is 4.79 Å². The molecule has 82 valence electrons. The SMILES string of the molecule is CNCCNC(=O)c1ccc(Br)cc1O. The molecule has 0 saturated carbocycles. The van der Waals surface area contributed by atoms with Crippen LogP contribution in [0.4, 0.5) is 0 Å². The predicted molar refractivity (Wildman–Crippen MR) is 62.1 cm³/mol. The first-order valence-electron chi connectivity index (χ1n) is 4.56. The fourth-order valence-electron chi connectivity index (χ4n) is 1.09. The van der Waals surface area contributed by atoms with E-state index in [4.69, 9.17) is 0 Å². The highest BCUT2D eigenvalue weighted by molar-refractivity contribution is 9.10. The number of rotatable bonds is 4. The largest absolute Gasteiger partial charge is 0.507 e. The van der Waals surface area contributed by atoms with Crippen LogP contribution in [-0.4, -0.2) is 31.2 Å². The van der Waals surface area contributed by atoms with Crippen molar-refractivity contribution in [3.8, 4) is 5.75 Å². The molecule has 0 aromatic heterocycles. The Bertz CT molecular complexity index is 355. The average Bonchev–Trinajstić information content (AvgIpc) is 2.17. The lowest BCUT2D eigenvalue weighted by molar-refractivity contribution is 0.0951. The molecule has 15 heavy (non-hydrogen) atoms. The van der Waals surface area contributed by atoms with Gasteiger partial charge in [-0.2, -0.15) is 0 Å². The molecule has 5 heteroatoms. The zero-order valence-electron chi connectivity index (χ0n) is 8.38. The van der Waals surface area contributed by atoms with Crippen molar-refractivity contribution in [3.05, 3.63) is 28.2 Å². The molecule has 1 rings (SSSR count). The molecule has 1 aromatic rings. The summed E-state index contributed by atoms with van der Waals surface area (Å²) in [5.74, 6) is -0.290. The van der Waals surface area contributed by atoms with Crippen LogP contribution in [0, 0.1) is 0 Å². The molecule has 0 radical (unpaired) electrons. The van der Waals surface area contributed by atoms with Gasteiger partial charge in [0.1, 0.15) is 5.75 Å². The number of carbonyl (C=O) groups is 1. The molecule has 1 aromatic carbocycles. The fourth-order valence-corrected chi connectivity index (χ4v) is 1.44. The minimum absolute atomic E-state index is 0.0219. The number of nitrogens with one attached hydrogen (secondary N) is 2. The van der Waals surface area contributed by atoms with E-state index in [1.165, 1.54) is 6.07 Å². The molecule has 0 aliphatic carbocycles. The van der Waals surface area contributed by atoms with Crippen molar-refractivity contribution in [3.63, 3.8) is 0 Å². The van der Waals surface area contributed by atoms with Crippen molar-refractivity contribution in [1.82, 2.24) is 10.6 Å². The van der Waals surface area contributed by atoms with E-state index in [9.17, 15) is 9.90 Å². The summed E-state index contributed by atoms with van der Waals surface area (Å²) in [6, 6.07) is 4.79. The van der Waals surface area contributed by atoms with Crippen molar-refractivity contribution in [2.45, 2.75) is 0 Å². The van der Waals surface area contributed by atoms with E-state index in [1.807, 2.05) is 7.05 Å². The molecule has 0 heterocycles. The van der Waals surface area contributed by atoms with E-state index in [-0.39, 0.29) is 17.2 Å². The van der Waals surface area contributed by atoms with Gasteiger partial charge in [0.25, 0.3) is 5.91 Å².